The zero-order chi connectivity index (χ0) is 11.0. The molecule has 0 aromatic carbocycles. The number of nitrogens with zero attached hydrogens (tertiary/aromatic N) is 3. The van der Waals surface area contributed by atoms with E-state index in [1.54, 1.807) is 6.20 Å². The van der Waals surface area contributed by atoms with E-state index in [1.807, 2.05) is 24.3 Å². The van der Waals surface area contributed by atoms with E-state index < -0.39 is 0 Å². The zero-order valence-electron chi connectivity index (χ0n) is 8.18. The summed E-state index contributed by atoms with van der Waals surface area (Å²) in [6.07, 6.45) is 3.18. The van der Waals surface area contributed by atoms with Gasteiger partial charge < -0.3 is 4.98 Å². The van der Waals surface area contributed by atoms with Crippen LogP contribution in [0.2, 0.25) is 5.15 Å². The minimum atomic E-state index is 0.448. The van der Waals surface area contributed by atoms with Crippen molar-refractivity contribution in [2.75, 3.05) is 0 Å². The van der Waals surface area contributed by atoms with E-state index in [0.29, 0.717) is 5.15 Å². The number of hydrogen-bond donors (Lipinski definition) is 1. The molecule has 3 rings (SSSR count). The summed E-state index contributed by atoms with van der Waals surface area (Å²) in [5, 5.41) is 1.26. The van der Waals surface area contributed by atoms with Crippen LogP contribution in [-0.2, 0) is 0 Å². The Morgan fingerprint density at radius 2 is 2.06 bits per heavy atom. The van der Waals surface area contributed by atoms with E-state index in [4.69, 9.17) is 11.6 Å². The lowest BCUT2D eigenvalue weighted by Gasteiger charge is -1.93. The van der Waals surface area contributed by atoms with E-state index in [0.717, 1.165) is 22.4 Å². The summed E-state index contributed by atoms with van der Waals surface area (Å²) in [4.78, 5) is 15.4. The highest BCUT2D eigenvalue weighted by Gasteiger charge is 2.07. The number of hydrogen-bond acceptors (Lipinski definition) is 3. The molecule has 78 valence electrons. The van der Waals surface area contributed by atoms with Crippen LogP contribution in [0.15, 0.2) is 36.8 Å². The third-order valence-corrected chi connectivity index (χ3v) is 2.62. The summed E-state index contributed by atoms with van der Waals surface area (Å²) in [5.41, 5.74) is 2.47. The molecule has 0 bridgehead atoms. The molecular formula is C11H7ClN4. The highest BCUT2D eigenvalue weighted by atomic mass is 35.5. The third-order valence-electron chi connectivity index (χ3n) is 2.32. The SMILES string of the molecule is Clc1ncnc2[nH]c(-c3ccccn3)cc12. The Bertz CT molecular complexity index is 633. The Morgan fingerprint density at radius 3 is 2.81 bits per heavy atom. The number of halogens is 1. The fourth-order valence-corrected chi connectivity index (χ4v) is 1.76. The zero-order valence-corrected chi connectivity index (χ0v) is 8.94. The maximum atomic E-state index is 5.97. The molecule has 0 radical (unpaired) electrons. The van der Waals surface area contributed by atoms with Gasteiger partial charge in [-0.1, -0.05) is 17.7 Å². The Morgan fingerprint density at radius 1 is 1.12 bits per heavy atom. The summed E-state index contributed by atoms with van der Waals surface area (Å²) in [6.45, 7) is 0. The topological polar surface area (TPSA) is 54.5 Å². The number of nitrogens with one attached hydrogen (secondary N) is 1. The average Bonchev–Trinajstić information content (AvgIpc) is 2.76. The van der Waals surface area contributed by atoms with E-state index in [1.165, 1.54) is 6.33 Å². The lowest BCUT2D eigenvalue weighted by molar-refractivity contribution is 1.20. The molecule has 0 atom stereocenters. The highest BCUT2D eigenvalue weighted by Crippen LogP contribution is 2.24. The molecule has 3 heterocycles. The fourth-order valence-electron chi connectivity index (χ4n) is 1.57. The van der Waals surface area contributed by atoms with Gasteiger partial charge in [-0.2, -0.15) is 0 Å². The Balaban J connectivity index is 2.23. The van der Waals surface area contributed by atoms with Crippen molar-refractivity contribution in [2.24, 2.45) is 0 Å². The number of H-pyrrole nitrogens is 1. The number of pyridine rings is 1. The Hall–Kier alpha value is -1.94. The summed E-state index contributed by atoms with van der Waals surface area (Å²) >= 11 is 5.97. The van der Waals surface area contributed by atoms with Crippen LogP contribution in [0.5, 0.6) is 0 Å². The minimum Gasteiger partial charge on any atom is -0.338 e. The van der Waals surface area contributed by atoms with Crippen molar-refractivity contribution in [3.05, 3.63) is 41.9 Å². The second-order valence-electron chi connectivity index (χ2n) is 3.32. The second kappa shape index (κ2) is 3.57. The van der Waals surface area contributed by atoms with Crippen molar-refractivity contribution in [1.82, 2.24) is 19.9 Å². The number of rotatable bonds is 1. The van der Waals surface area contributed by atoms with Gasteiger partial charge in [0.2, 0.25) is 0 Å². The van der Waals surface area contributed by atoms with Crippen LogP contribution in [0.1, 0.15) is 0 Å². The van der Waals surface area contributed by atoms with Crippen molar-refractivity contribution in [2.45, 2.75) is 0 Å². The molecule has 0 aliphatic heterocycles. The van der Waals surface area contributed by atoms with Crippen molar-refractivity contribution in [1.29, 1.82) is 0 Å². The molecule has 0 aliphatic carbocycles. The molecule has 0 fully saturated rings. The molecule has 3 aromatic heterocycles. The second-order valence-corrected chi connectivity index (χ2v) is 3.68. The maximum absolute atomic E-state index is 5.97. The van der Waals surface area contributed by atoms with Crippen LogP contribution in [0.3, 0.4) is 0 Å². The van der Waals surface area contributed by atoms with Gasteiger partial charge in [-0.25, -0.2) is 9.97 Å². The monoisotopic (exact) mass is 230 g/mol. The van der Waals surface area contributed by atoms with Gasteiger partial charge in [0.25, 0.3) is 0 Å². The molecule has 0 amide bonds. The molecule has 5 heteroatoms. The number of aromatic amines is 1. The fraction of sp³-hybridized carbons (Fsp3) is 0. The summed E-state index contributed by atoms with van der Waals surface area (Å²) < 4.78 is 0. The van der Waals surface area contributed by atoms with Gasteiger partial charge in [0.15, 0.2) is 0 Å². The normalized spacial score (nSPS) is 10.8. The number of aromatic nitrogens is 4. The standard InChI is InChI=1S/C11H7ClN4/c12-10-7-5-9(8-3-1-2-4-13-8)16-11(7)15-6-14-10/h1-6H,(H,14,15,16). The molecule has 16 heavy (non-hydrogen) atoms. The summed E-state index contributed by atoms with van der Waals surface area (Å²) in [5.74, 6) is 0. The van der Waals surface area contributed by atoms with Crippen molar-refractivity contribution >= 4 is 22.6 Å². The van der Waals surface area contributed by atoms with Crippen LogP contribution in [0.4, 0.5) is 0 Å². The van der Waals surface area contributed by atoms with Gasteiger partial charge in [0, 0.05) is 6.20 Å². The molecule has 1 N–H and O–H groups in total. The van der Waals surface area contributed by atoms with Gasteiger partial charge in [0.05, 0.1) is 16.8 Å². The molecule has 3 aromatic rings. The molecule has 0 aliphatic rings. The minimum absolute atomic E-state index is 0.448. The van der Waals surface area contributed by atoms with Crippen LogP contribution >= 0.6 is 11.6 Å². The number of fused-ring (bicyclic) bond motifs is 1. The first-order valence-corrected chi connectivity index (χ1v) is 5.13. The first-order chi connectivity index (χ1) is 7.84. The third kappa shape index (κ3) is 1.44. The van der Waals surface area contributed by atoms with E-state index in [-0.39, 0.29) is 0 Å². The van der Waals surface area contributed by atoms with Gasteiger partial charge in [-0.3, -0.25) is 4.98 Å². The van der Waals surface area contributed by atoms with Crippen LogP contribution < -0.4 is 0 Å². The molecule has 0 saturated heterocycles. The summed E-state index contributed by atoms with van der Waals surface area (Å²) in [6, 6.07) is 7.63. The Labute approximate surface area is 96.3 Å². The van der Waals surface area contributed by atoms with Gasteiger partial charge in [0.1, 0.15) is 17.1 Å². The highest BCUT2D eigenvalue weighted by molar-refractivity contribution is 6.34. The Kier molecular flexibility index (Phi) is 2.08. The smallest absolute Gasteiger partial charge is 0.142 e. The molecule has 0 saturated carbocycles. The lowest BCUT2D eigenvalue weighted by Crippen LogP contribution is -1.81. The predicted molar refractivity (Wildman–Crippen MR) is 62.1 cm³/mol. The largest absolute Gasteiger partial charge is 0.338 e. The average molecular weight is 231 g/mol. The van der Waals surface area contributed by atoms with Crippen molar-refractivity contribution in [3.8, 4) is 11.4 Å². The lowest BCUT2D eigenvalue weighted by atomic mass is 10.2. The van der Waals surface area contributed by atoms with Crippen molar-refractivity contribution in [3.63, 3.8) is 0 Å². The van der Waals surface area contributed by atoms with Crippen LogP contribution in [0.25, 0.3) is 22.4 Å². The predicted octanol–water partition coefficient (Wildman–Crippen LogP) is 2.67. The van der Waals surface area contributed by atoms with Gasteiger partial charge in [-0.15, -0.1) is 0 Å². The van der Waals surface area contributed by atoms with E-state index in [2.05, 4.69) is 19.9 Å². The maximum Gasteiger partial charge on any atom is 0.142 e. The molecule has 0 spiro atoms. The molecular weight excluding hydrogens is 224 g/mol. The molecule has 4 nitrogen and oxygen atoms in total. The quantitative estimate of drug-likeness (QED) is 0.654. The van der Waals surface area contributed by atoms with Gasteiger partial charge in [-0.05, 0) is 18.2 Å². The van der Waals surface area contributed by atoms with Gasteiger partial charge >= 0.3 is 0 Å². The van der Waals surface area contributed by atoms with E-state index >= 15 is 0 Å². The molecule has 0 unspecified atom stereocenters. The van der Waals surface area contributed by atoms with Crippen LogP contribution in [0, 0.1) is 0 Å². The van der Waals surface area contributed by atoms with Crippen molar-refractivity contribution < 1.29 is 0 Å². The first-order valence-electron chi connectivity index (χ1n) is 4.75. The first kappa shape index (κ1) is 9.30. The summed E-state index contributed by atoms with van der Waals surface area (Å²) in [7, 11) is 0. The van der Waals surface area contributed by atoms with E-state index in [9.17, 15) is 0 Å². The van der Waals surface area contributed by atoms with Crippen LogP contribution in [-0.4, -0.2) is 19.9 Å².